The summed E-state index contributed by atoms with van der Waals surface area (Å²) in [6, 6.07) is 3.95. The highest BCUT2D eigenvalue weighted by Gasteiger charge is 2.31. The van der Waals surface area contributed by atoms with E-state index in [4.69, 9.17) is 16.3 Å². The summed E-state index contributed by atoms with van der Waals surface area (Å²) < 4.78 is 6.00. The molecule has 112 valence electrons. The Labute approximate surface area is 130 Å². The van der Waals surface area contributed by atoms with Gasteiger partial charge >= 0.3 is 0 Å². The van der Waals surface area contributed by atoms with Crippen molar-refractivity contribution in [1.29, 1.82) is 0 Å². The van der Waals surface area contributed by atoms with E-state index in [0.717, 1.165) is 11.3 Å². The Kier molecular flexibility index (Phi) is 4.24. The molecule has 0 spiro atoms. The van der Waals surface area contributed by atoms with Gasteiger partial charge in [0.05, 0.1) is 6.20 Å². The molecule has 2 aromatic rings. The van der Waals surface area contributed by atoms with E-state index in [1.165, 1.54) is 24.4 Å². The molecule has 0 unspecified atom stereocenters. The first kappa shape index (κ1) is 15.4. The largest absolute Gasteiger partial charge is 0.504 e. The van der Waals surface area contributed by atoms with Gasteiger partial charge in [0.1, 0.15) is 10.1 Å². The summed E-state index contributed by atoms with van der Waals surface area (Å²) in [6.07, 6.45) is 1.44. The fraction of sp³-hybridized carbons (Fsp3) is 0.231. The summed E-state index contributed by atoms with van der Waals surface area (Å²) in [7, 11) is 0. The average Bonchev–Trinajstić information content (AvgIpc) is 2.79. The van der Waals surface area contributed by atoms with E-state index in [1.807, 2.05) is 0 Å². The van der Waals surface area contributed by atoms with Gasteiger partial charge in [-0.3, -0.25) is 10.1 Å². The average molecular weight is 329 g/mol. The van der Waals surface area contributed by atoms with Crippen LogP contribution in [0.3, 0.4) is 0 Å². The van der Waals surface area contributed by atoms with E-state index < -0.39 is 11.5 Å². The van der Waals surface area contributed by atoms with Crippen LogP contribution in [0.2, 0.25) is 4.34 Å². The zero-order chi connectivity index (χ0) is 15.6. The number of carbonyl (C=O) groups excluding carboxylic acids is 1. The van der Waals surface area contributed by atoms with E-state index in [1.54, 1.807) is 13.8 Å². The van der Waals surface area contributed by atoms with Crippen LogP contribution in [-0.4, -0.2) is 26.7 Å². The molecule has 3 N–H and O–H groups in total. The standard InChI is InChI=1S/C13H13ClN2O4S/c1-13(2,11(19)16-12-15-6-10(14)21-12)20-7-3-4-8(17)9(18)5-7/h3-6,17-18H,1-2H3,(H,15,16,19). The molecule has 1 amide bonds. The summed E-state index contributed by atoms with van der Waals surface area (Å²) >= 11 is 6.88. The number of thiazole rings is 1. The molecule has 21 heavy (non-hydrogen) atoms. The molecule has 0 aliphatic heterocycles. The van der Waals surface area contributed by atoms with E-state index in [-0.39, 0.29) is 17.2 Å². The number of hydrogen-bond donors (Lipinski definition) is 3. The molecule has 0 saturated carbocycles. The molecule has 8 heteroatoms. The summed E-state index contributed by atoms with van der Waals surface area (Å²) in [5, 5.41) is 21.6. The minimum Gasteiger partial charge on any atom is -0.504 e. The van der Waals surface area contributed by atoms with Crippen LogP contribution in [0, 0.1) is 0 Å². The monoisotopic (exact) mass is 328 g/mol. The molecule has 0 aliphatic rings. The molecular weight excluding hydrogens is 316 g/mol. The van der Waals surface area contributed by atoms with Crippen molar-refractivity contribution in [2.75, 3.05) is 5.32 Å². The van der Waals surface area contributed by atoms with Gasteiger partial charge in [-0.25, -0.2) is 4.98 Å². The molecule has 0 saturated heterocycles. The van der Waals surface area contributed by atoms with Gasteiger partial charge in [0.25, 0.3) is 5.91 Å². The van der Waals surface area contributed by atoms with Crippen molar-refractivity contribution < 1.29 is 19.7 Å². The van der Waals surface area contributed by atoms with Crippen LogP contribution in [0.1, 0.15) is 13.8 Å². The summed E-state index contributed by atoms with van der Waals surface area (Å²) in [6.45, 7) is 3.14. The number of hydrogen-bond acceptors (Lipinski definition) is 6. The Hall–Kier alpha value is -1.99. The lowest BCUT2D eigenvalue weighted by Crippen LogP contribution is -2.42. The quantitative estimate of drug-likeness (QED) is 0.750. The Morgan fingerprint density at radius 3 is 2.67 bits per heavy atom. The summed E-state index contributed by atoms with van der Waals surface area (Å²) in [4.78, 5) is 16.1. The van der Waals surface area contributed by atoms with Crippen LogP contribution in [0.4, 0.5) is 5.13 Å². The maximum Gasteiger partial charge on any atom is 0.269 e. The van der Waals surface area contributed by atoms with Crippen LogP contribution < -0.4 is 10.1 Å². The number of ether oxygens (including phenoxy) is 1. The summed E-state index contributed by atoms with van der Waals surface area (Å²) in [5.74, 6) is -0.749. The molecule has 1 heterocycles. The predicted molar refractivity (Wildman–Crippen MR) is 80.2 cm³/mol. The minimum absolute atomic E-state index is 0.252. The van der Waals surface area contributed by atoms with Crippen molar-refractivity contribution in [2.45, 2.75) is 19.4 Å². The van der Waals surface area contributed by atoms with E-state index in [9.17, 15) is 15.0 Å². The number of anilines is 1. The van der Waals surface area contributed by atoms with Gasteiger partial charge in [-0.05, 0) is 26.0 Å². The Bertz CT molecular complexity index is 672. The topological polar surface area (TPSA) is 91.7 Å². The number of phenols is 2. The third kappa shape index (κ3) is 3.77. The van der Waals surface area contributed by atoms with Crippen LogP contribution in [0.15, 0.2) is 24.4 Å². The smallest absolute Gasteiger partial charge is 0.269 e. The van der Waals surface area contributed by atoms with Gasteiger partial charge in [0, 0.05) is 6.07 Å². The van der Waals surface area contributed by atoms with Crippen molar-refractivity contribution in [2.24, 2.45) is 0 Å². The van der Waals surface area contributed by atoms with Gasteiger partial charge in [0.2, 0.25) is 0 Å². The Morgan fingerprint density at radius 2 is 2.10 bits per heavy atom. The first-order valence-corrected chi connectivity index (χ1v) is 7.11. The lowest BCUT2D eigenvalue weighted by atomic mass is 10.1. The number of halogens is 1. The number of benzene rings is 1. The molecule has 6 nitrogen and oxygen atoms in total. The molecule has 0 aliphatic carbocycles. The third-order valence-electron chi connectivity index (χ3n) is 2.56. The minimum atomic E-state index is -1.21. The Morgan fingerprint density at radius 1 is 1.38 bits per heavy atom. The second-order valence-corrected chi connectivity index (χ2v) is 6.35. The van der Waals surface area contributed by atoms with Crippen molar-refractivity contribution >= 4 is 34.0 Å². The number of nitrogens with zero attached hydrogens (tertiary/aromatic N) is 1. The maximum atomic E-state index is 12.2. The van der Waals surface area contributed by atoms with E-state index in [2.05, 4.69) is 10.3 Å². The SMILES string of the molecule is CC(C)(Oc1ccc(O)c(O)c1)C(=O)Nc1ncc(Cl)s1. The normalized spacial score (nSPS) is 11.2. The van der Waals surface area contributed by atoms with Gasteiger partial charge < -0.3 is 14.9 Å². The maximum absolute atomic E-state index is 12.2. The highest BCUT2D eigenvalue weighted by Crippen LogP contribution is 2.31. The van der Waals surface area contributed by atoms with Gasteiger partial charge in [-0.15, -0.1) is 0 Å². The number of phenolic OH excluding ortho intramolecular Hbond substituents is 2. The lowest BCUT2D eigenvalue weighted by Gasteiger charge is -2.24. The van der Waals surface area contributed by atoms with Crippen LogP contribution in [0.25, 0.3) is 0 Å². The lowest BCUT2D eigenvalue weighted by molar-refractivity contribution is -0.128. The van der Waals surface area contributed by atoms with Crippen molar-refractivity contribution in [3.8, 4) is 17.2 Å². The van der Waals surface area contributed by atoms with E-state index >= 15 is 0 Å². The van der Waals surface area contributed by atoms with Gasteiger partial charge in [0.15, 0.2) is 22.2 Å². The molecule has 1 aromatic carbocycles. The molecule has 0 bridgehead atoms. The van der Waals surface area contributed by atoms with Crippen molar-refractivity contribution in [3.05, 3.63) is 28.7 Å². The van der Waals surface area contributed by atoms with Gasteiger partial charge in [-0.1, -0.05) is 22.9 Å². The highest BCUT2D eigenvalue weighted by atomic mass is 35.5. The number of amides is 1. The van der Waals surface area contributed by atoms with E-state index in [0.29, 0.717) is 9.47 Å². The van der Waals surface area contributed by atoms with Crippen molar-refractivity contribution in [3.63, 3.8) is 0 Å². The fourth-order valence-electron chi connectivity index (χ4n) is 1.47. The van der Waals surface area contributed by atoms with Crippen molar-refractivity contribution in [1.82, 2.24) is 4.98 Å². The van der Waals surface area contributed by atoms with Crippen LogP contribution >= 0.6 is 22.9 Å². The molecule has 1 aromatic heterocycles. The molecule has 0 atom stereocenters. The number of aromatic hydroxyl groups is 2. The zero-order valence-electron chi connectivity index (χ0n) is 11.3. The van der Waals surface area contributed by atoms with Crippen LogP contribution in [-0.2, 0) is 4.79 Å². The predicted octanol–water partition coefficient (Wildman–Crippen LogP) is 3.00. The Balaban J connectivity index is 2.09. The molecular formula is C13H13ClN2O4S. The number of nitrogens with one attached hydrogen (secondary N) is 1. The first-order chi connectivity index (χ1) is 9.78. The highest BCUT2D eigenvalue weighted by molar-refractivity contribution is 7.19. The number of aromatic nitrogens is 1. The fourth-order valence-corrected chi connectivity index (χ4v) is 2.27. The second kappa shape index (κ2) is 5.79. The summed E-state index contributed by atoms with van der Waals surface area (Å²) in [5.41, 5.74) is -1.21. The van der Waals surface area contributed by atoms with Gasteiger partial charge in [-0.2, -0.15) is 0 Å². The second-order valence-electron chi connectivity index (χ2n) is 4.69. The van der Waals surface area contributed by atoms with Crippen LogP contribution in [0.5, 0.6) is 17.2 Å². The molecule has 0 fully saturated rings. The zero-order valence-corrected chi connectivity index (χ0v) is 12.8. The molecule has 0 radical (unpaired) electrons. The third-order valence-corrected chi connectivity index (χ3v) is 3.59. The molecule has 2 rings (SSSR count). The number of rotatable bonds is 4. The first-order valence-electron chi connectivity index (χ1n) is 5.92. The number of carbonyl (C=O) groups is 1.